The Bertz CT molecular complexity index is 1650. The van der Waals surface area contributed by atoms with Crippen molar-refractivity contribution in [1.29, 1.82) is 0 Å². The highest BCUT2D eigenvalue weighted by Crippen LogP contribution is 2.38. The van der Waals surface area contributed by atoms with Crippen LogP contribution in [-0.4, -0.2) is 48.0 Å². The number of nitrogens with zero attached hydrogens (tertiary/aromatic N) is 5. The van der Waals surface area contributed by atoms with Crippen LogP contribution in [0.2, 0.25) is 0 Å². The topological polar surface area (TPSA) is 98.2 Å². The van der Waals surface area contributed by atoms with Gasteiger partial charge < -0.3 is 19.5 Å². The molecule has 39 heavy (non-hydrogen) atoms. The molecule has 1 saturated heterocycles. The number of ether oxygens (including phenoxy) is 1. The van der Waals surface area contributed by atoms with Crippen molar-refractivity contribution in [2.75, 3.05) is 13.2 Å². The Labute approximate surface area is 227 Å². The third kappa shape index (κ3) is 4.52. The second-order valence-electron chi connectivity index (χ2n) is 11.2. The number of aromatic nitrogens is 5. The van der Waals surface area contributed by atoms with Gasteiger partial charge in [0.25, 0.3) is 0 Å². The Kier molecular flexibility index (Phi) is 6.49. The van der Waals surface area contributed by atoms with Crippen molar-refractivity contribution in [1.82, 2.24) is 24.5 Å². The molecule has 3 aromatic heterocycles. The van der Waals surface area contributed by atoms with Crippen molar-refractivity contribution in [2.45, 2.75) is 58.3 Å². The van der Waals surface area contributed by atoms with Crippen LogP contribution in [0.3, 0.4) is 0 Å². The third-order valence-corrected chi connectivity index (χ3v) is 8.04. The highest BCUT2D eigenvalue weighted by atomic mass is 16.5. The molecule has 0 spiro atoms. The molecule has 0 bridgehead atoms. The summed E-state index contributed by atoms with van der Waals surface area (Å²) in [5.74, 6) is 0.500. The summed E-state index contributed by atoms with van der Waals surface area (Å²) >= 11 is 0. The van der Waals surface area contributed by atoms with Crippen molar-refractivity contribution in [3.8, 4) is 11.3 Å². The van der Waals surface area contributed by atoms with Gasteiger partial charge in [0.1, 0.15) is 0 Å². The van der Waals surface area contributed by atoms with E-state index in [0.717, 1.165) is 70.5 Å². The molecule has 0 radical (unpaired) electrons. The van der Waals surface area contributed by atoms with Crippen LogP contribution in [0.1, 0.15) is 60.6 Å². The molecular weight excluding hydrogens is 490 g/mol. The smallest absolute Gasteiger partial charge is 0.0960 e. The first-order valence-electron chi connectivity index (χ1n) is 13.6. The Morgan fingerprint density at radius 1 is 1.10 bits per heavy atom. The first-order chi connectivity index (χ1) is 18.8. The number of rotatable bonds is 6. The number of fused-ring (bicyclic) bond motifs is 3. The first kappa shape index (κ1) is 25.7. The van der Waals surface area contributed by atoms with Crippen LogP contribution < -0.4 is 0 Å². The molecule has 1 fully saturated rings. The SMILES string of the molecule is Cc1nnn(C)c1-c1cnc2c3ccc(C(C)(C)O)c(CO)c3n(Cc3cccc(C4CCOCC4)c3)c2c1. The molecule has 2 aromatic carbocycles. The van der Waals surface area contributed by atoms with Gasteiger partial charge in [-0.15, -0.1) is 5.10 Å². The van der Waals surface area contributed by atoms with E-state index in [9.17, 15) is 10.2 Å². The fourth-order valence-electron chi connectivity index (χ4n) is 6.16. The Morgan fingerprint density at radius 3 is 2.59 bits per heavy atom. The van der Waals surface area contributed by atoms with Crippen LogP contribution in [0.4, 0.5) is 0 Å². The van der Waals surface area contributed by atoms with Crippen LogP contribution in [0.5, 0.6) is 0 Å². The van der Waals surface area contributed by atoms with Crippen molar-refractivity contribution in [3.05, 3.63) is 76.6 Å². The normalized spacial score (nSPS) is 15.0. The maximum absolute atomic E-state index is 11.0. The second kappa shape index (κ2) is 9.86. The van der Waals surface area contributed by atoms with Crippen LogP contribution in [0, 0.1) is 6.92 Å². The third-order valence-electron chi connectivity index (χ3n) is 8.04. The predicted molar refractivity (Wildman–Crippen MR) is 151 cm³/mol. The minimum atomic E-state index is -1.10. The van der Waals surface area contributed by atoms with Crippen molar-refractivity contribution in [2.24, 2.45) is 7.05 Å². The van der Waals surface area contributed by atoms with E-state index >= 15 is 0 Å². The van der Waals surface area contributed by atoms with Crippen molar-refractivity contribution in [3.63, 3.8) is 0 Å². The molecule has 1 aliphatic heterocycles. The van der Waals surface area contributed by atoms with E-state index in [1.165, 1.54) is 11.1 Å². The number of aliphatic hydroxyl groups excluding tert-OH is 1. The first-order valence-corrected chi connectivity index (χ1v) is 13.6. The average molecular weight is 526 g/mol. The minimum absolute atomic E-state index is 0.188. The zero-order chi connectivity index (χ0) is 27.3. The van der Waals surface area contributed by atoms with Gasteiger partial charge in [0.05, 0.1) is 40.1 Å². The lowest BCUT2D eigenvalue weighted by Gasteiger charge is -2.23. The van der Waals surface area contributed by atoms with Gasteiger partial charge in [0.15, 0.2) is 0 Å². The van der Waals surface area contributed by atoms with Gasteiger partial charge in [-0.2, -0.15) is 0 Å². The van der Waals surface area contributed by atoms with E-state index in [-0.39, 0.29) is 6.61 Å². The molecule has 4 heterocycles. The second-order valence-corrected chi connectivity index (χ2v) is 11.2. The van der Waals surface area contributed by atoms with Crippen LogP contribution in [0.15, 0.2) is 48.7 Å². The van der Waals surface area contributed by atoms with E-state index in [2.05, 4.69) is 45.2 Å². The predicted octanol–water partition coefficient (Wildman–Crippen LogP) is 4.96. The molecule has 0 saturated carbocycles. The molecule has 1 aliphatic rings. The van der Waals surface area contributed by atoms with Crippen LogP contribution in [0.25, 0.3) is 33.2 Å². The summed E-state index contributed by atoms with van der Waals surface area (Å²) in [6.07, 6.45) is 3.94. The lowest BCUT2D eigenvalue weighted by molar-refractivity contribution is 0.0761. The fourth-order valence-corrected chi connectivity index (χ4v) is 6.16. The molecule has 2 N–H and O–H groups in total. The Hall–Kier alpha value is -3.59. The van der Waals surface area contributed by atoms with Gasteiger partial charge in [-0.05, 0) is 62.3 Å². The number of benzene rings is 2. The highest BCUT2D eigenvalue weighted by molar-refractivity contribution is 6.08. The number of pyridine rings is 1. The Morgan fingerprint density at radius 2 is 1.90 bits per heavy atom. The summed E-state index contributed by atoms with van der Waals surface area (Å²) < 4.78 is 9.60. The van der Waals surface area contributed by atoms with E-state index in [1.807, 2.05) is 32.3 Å². The lowest BCUT2D eigenvalue weighted by atomic mass is 9.90. The molecule has 6 rings (SSSR count). The summed E-state index contributed by atoms with van der Waals surface area (Å²) in [7, 11) is 1.89. The number of aliphatic hydroxyl groups is 2. The standard InChI is InChI=1S/C31H35N5O3/c1-19-29(35(4)34-33-19)23-15-27-28(32-16-23)24-8-9-26(31(2,3)38)25(18-37)30(24)36(27)17-20-6-5-7-22(14-20)21-10-12-39-13-11-21/h5-9,14-16,21,37-38H,10-13,17-18H2,1-4H3. The van der Waals surface area contributed by atoms with Gasteiger partial charge >= 0.3 is 0 Å². The van der Waals surface area contributed by atoms with Crippen molar-refractivity contribution < 1.29 is 14.9 Å². The number of hydrogen-bond acceptors (Lipinski definition) is 6. The molecular formula is C31H35N5O3. The fraction of sp³-hybridized carbons (Fsp3) is 0.387. The van der Waals surface area contributed by atoms with Crippen LogP contribution >= 0.6 is 0 Å². The van der Waals surface area contributed by atoms with E-state index in [0.29, 0.717) is 18.0 Å². The van der Waals surface area contributed by atoms with E-state index in [1.54, 1.807) is 18.5 Å². The van der Waals surface area contributed by atoms with Gasteiger partial charge in [-0.25, -0.2) is 4.68 Å². The number of aryl methyl sites for hydroxylation is 2. The van der Waals surface area contributed by atoms with Crippen LogP contribution in [-0.2, 0) is 30.5 Å². The van der Waals surface area contributed by atoms with Gasteiger partial charge in [-0.1, -0.05) is 41.6 Å². The van der Waals surface area contributed by atoms with E-state index < -0.39 is 5.60 Å². The van der Waals surface area contributed by atoms with Crippen molar-refractivity contribution >= 4 is 21.9 Å². The molecule has 0 unspecified atom stereocenters. The summed E-state index contributed by atoms with van der Waals surface area (Å²) in [5, 5.41) is 30.9. The summed E-state index contributed by atoms with van der Waals surface area (Å²) in [4.78, 5) is 4.92. The van der Waals surface area contributed by atoms with Gasteiger partial charge in [-0.3, -0.25) is 4.98 Å². The molecule has 8 heteroatoms. The number of hydrogen-bond donors (Lipinski definition) is 2. The van der Waals surface area contributed by atoms with Gasteiger partial charge in [0.2, 0.25) is 0 Å². The quantitative estimate of drug-likeness (QED) is 0.325. The Balaban J connectivity index is 1.58. The summed E-state index contributed by atoms with van der Waals surface area (Å²) in [6.45, 7) is 7.48. The molecule has 8 nitrogen and oxygen atoms in total. The zero-order valence-corrected chi connectivity index (χ0v) is 23.0. The molecule has 0 aliphatic carbocycles. The maximum atomic E-state index is 11.0. The van der Waals surface area contributed by atoms with Gasteiger partial charge in [0, 0.05) is 49.5 Å². The monoisotopic (exact) mass is 525 g/mol. The maximum Gasteiger partial charge on any atom is 0.0960 e. The molecule has 202 valence electrons. The largest absolute Gasteiger partial charge is 0.392 e. The minimum Gasteiger partial charge on any atom is -0.392 e. The van der Waals surface area contributed by atoms with E-state index in [4.69, 9.17) is 9.72 Å². The molecule has 0 amide bonds. The summed E-state index contributed by atoms with van der Waals surface area (Å²) in [5.41, 5.74) is 8.25. The summed E-state index contributed by atoms with van der Waals surface area (Å²) in [6, 6.07) is 14.9. The average Bonchev–Trinajstić information content (AvgIpc) is 3.43. The molecule has 5 aromatic rings. The highest BCUT2D eigenvalue weighted by Gasteiger charge is 2.26. The molecule has 0 atom stereocenters. The zero-order valence-electron chi connectivity index (χ0n) is 23.0. The lowest BCUT2D eigenvalue weighted by Crippen LogP contribution is -2.19.